The monoisotopic (exact) mass is 264 g/mol. The highest BCUT2D eigenvalue weighted by atomic mass is 16.3. The number of unbranched alkanes of at least 4 members (excludes halogenated alkanes) is 1. The smallest absolute Gasteiger partial charge is 0.136 e. The van der Waals surface area contributed by atoms with Crippen LogP contribution in [0.3, 0.4) is 0 Å². The second-order valence-electron chi connectivity index (χ2n) is 5.06. The Kier molecular flexibility index (Phi) is 4.96. The Bertz CT molecular complexity index is 406. The maximum absolute atomic E-state index is 9.21. The summed E-state index contributed by atoms with van der Waals surface area (Å²) in [5.74, 6) is 3.28. The lowest BCUT2D eigenvalue weighted by atomic mass is 10.3. The minimum Gasteiger partial charge on any atom is -0.395 e. The topological polar surface area (TPSA) is 61.3 Å². The van der Waals surface area contributed by atoms with Crippen molar-refractivity contribution in [3.05, 3.63) is 11.9 Å². The number of aromatic nitrogens is 2. The molecule has 0 bridgehead atoms. The normalized spacial score (nSPS) is 14.5. The first kappa shape index (κ1) is 14.1. The minimum absolute atomic E-state index is 0.154. The van der Waals surface area contributed by atoms with Crippen LogP contribution < -0.4 is 10.2 Å². The highest BCUT2D eigenvalue weighted by molar-refractivity contribution is 5.49. The van der Waals surface area contributed by atoms with Crippen LogP contribution in [0.2, 0.25) is 0 Å². The minimum atomic E-state index is 0.154. The molecule has 0 atom stereocenters. The Labute approximate surface area is 115 Å². The fraction of sp³-hybridized carbons (Fsp3) is 0.714. The first-order valence-corrected chi connectivity index (χ1v) is 7.21. The Balaban J connectivity index is 2.20. The average Bonchev–Trinajstić information content (AvgIpc) is 3.27. The fourth-order valence-electron chi connectivity index (χ4n) is 2.08. The van der Waals surface area contributed by atoms with Gasteiger partial charge >= 0.3 is 0 Å². The van der Waals surface area contributed by atoms with Gasteiger partial charge < -0.3 is 15.3 Å². The average molecular weight is 264 g/mol. The summed E-state index contributed by atoms with van der Waals surface area (Å²) in [5, 5.41) is 12.3. The molecule has 1 fully saturated rings. The predicted molar refractivity (Wildman–Crippen MR) is 77.8 cm³/mol. The van der Waals surface area contributed by atoms with Crippen LogP contribution >= 0.6 is 0 Å². The molecule has 0 saturated heterocycles. The molecule has 1 aliphatic rings. The van der Waals surface area contributed by atoms with Crippen LogP contribution in [0.25, 0.3) is 0 Å². The Hall–Kier alpha value is -1.36. The van der Waals surface area contributed by atoms with Crippen molar-refractivity contribution >= 4 is 11.6 Å². The van der Waals surface area contributed by atoms with Crippen molar-refractivity contribution in [1.82, 2.24) is 9.97 Å². The molecule has 5 nitrogen and oxygen atoms in total. The second-order valence-corrected chi connectivity index (χ2v) is 5.06. The molecule has 1 heterocycles. The first-order chi connectivity index (χ1) is 9.28. The van der Waals surface area contributed by atoms with E-state index >= 15 is 0 Å². The number of aliphatic hydroxyl groups is 1. The molecule has 2 rings (SSSR count). The number of nitrogens with one attached hydrogen (secondary N) is 1. The molecule has 0 spiro atoms. The quantitative estimate of drug-likeness (QED) is 0.752. The molecule has 1 aromatic heterocycles. The standard InChI is InChI=1S/C14H24N4O/c1-3-4-7-18(8-9-19)13-10-12(15-2)16-14(17-13)11-5-6-11/h10-11,19H,3-9H2,1-2H3,(H,15,16,17). The summed E-state index contributed by atoms with van der Waals surface area (Å²) in [6, 6.07) is 1.97. The number of hydrogen-bond donors (Lipinski definition) is 2. The SMILES string of the molecule is CCCCN(CCO)c1cc(NC)nc(C2CC2)n1. The Morgan fingerprint density at radius 3 is 2.74 bits per heavy atom. The van der Waals surface area contributed by atoms with E-state index in [1.54, 1.807) is 0 Å². The molecule has 5 heteroatoms. The summed E-state index contributed by atoms with van der Waals surface area (Å²) in [7, 11) is 1.88. The predicted octanol–water partition coefficient (Wildman–Crippen LogP) is 1.99. The number of aliphatic hydroxyl groups excluding tert-OH is 1. The Morgan fingerprint density at radius 1 is 1.37 bits per heavy atom. The Morgan fingerprint density at radius 2 is 2.16 bits per heavy atom. The lowest BCUT2D eigenvalue weighted by Crippen LogP contribution is -2.29. The van der Waals surface area contributed by atoms with Gasteiger partial charge in [0.1, 0.15) is 17.5 Å². The van der Waals surface area contributed by atoms with Gasteiger partial charge in [-0.25, -0.2) is 9.97 Å². The van der Waals surface area contributed by atoms with E-state index in [2.05, 4.69) is 27.1 Å². The van der Waals surface area contributed by atoms with Crippen molar-refractivity contribution in [3.8, 4) is 0 Å². The first-order valence-electron chi connectivity index (χ1n) is 7.21. The van der Waals surface area contributed by atoms with Gasteiger partial charge in [0.2, 0.25) is 0 Å². The van der Waals surface area contributed by atoms with Gasteiger partial charge in [0.15, 0.2) is 0 Å². The van der Waals surface area contributed by atoms with Gasteiger partial charge in [-0.2, -0.15) is 0 Å². The zero-order valence-electron chi connectivity index (χ0n) is 11.9. The highest BCUT2D eigenvalue weighted by Crippen LogP contribution is 2.39. The van der Waals surface area contributed by atoms with Crippen LogP contribution in [0.4, 0.5) is 11.6 Å². The summed E-state index contributed by atoms with van der Waals surface area (Å²) in [4.78, 5) is 11.4. The maximum atomic E-state index is 9.21. The number of anilines is 2. The van der Waals surface area contributed by atoms with Gasteiger partial charge in [-0.3, -0.25) is 0 Å². The third kappa shape index (κ3) is 3.80. The van der Waals surface area contributed by atoms with Crippen molar-refractivity contribution in [1.29, 1.82) is 0 Å². The van der Waals surface area contributed by atoms with Crippen LogP contribution in [-0.4, -0.2) is 41.8 Å². The van der Waals surface area contributed by atoms with Gasteiger partial charge in [-0.1, -0.05) is 13.3 Å². The molecule has 1 aromatic rings. The summed E-state index contributed by atoms with van der Waals surface area (Å²) >= 11 is 0. The molecule has 0 aromatic carbocycles. The zero-order valence-corrected chi connectivity index (χ0v) is 11.9. The van der Waals surface area contributed by atoms with E-state index < -0.39 is 0 Å². The summed E-state index contributed by atoms with van der Waals surface area (Å²) in [6.45, 7) is 3.89. The van der Waals surface area contributed by atoms with Crippen LogP contribution in [-0.2, 0) is 0 Å². The lowest BCUT2D eigenvalue weighted by Gasteiger charge is -2.23. The van der Waals surface area contributed by atoms with Crippen molar-refractivity contribution in [3.63, 3.8) is 0 Å². The van der Waals surface area contributed by atoms with Crippen molar-refractivity contribution in [2.24, 2.45) is 0 Å². The van der Waals surface area contributed by atoms with Crippen LogP contribution in [0.5, 0.6) is 0 Å². The van der Waals surface area contributed by atoms with Crippen LogP contribution in [0, 0.1) is 0 Å². The third-order valence-corrected chi connectivity index (χ3v) is 3.40. The molecular formula is C14H24N4O. The second kappa shape index (κ2) is 6.70. The van der Waals surface area contributed by atoms with Crippen molar-refractivity contribution in [2.75, 3.05) is 37.0 Å². The molecule has 1 saturated carbocycles. The summed E-state index contributed by atoms with van der Waals surface area (Å²) < 4.78 is 0. The molecular weight excluding hydrogens is 240 g/mol. The van der Waals surface area contributed by atoms with Gasteiger partial charge in [0.25, 0.3) is 0 Å². The largest absolute Gasteiger partial charge is 0.395 e. The highest BCUT2D eigenvalue weighted by Gasteiger charge is 2.27. The van der Waals surface area contributed by atoms with Crippen molar-refractivity contribution < 1.29 is 5.11 Å². The maximum Gasteiger partial charge on any atom is 0.136 e. The van der Waals surface area contributed by atoms with E-state index in [-0.39, 0.29) is 6.61 Å². The number of rotatable bonds is 8. The van der Waals surface area contributed by atoms with E-state index in [4.69, 9.17) is 0 Å². The zero-order chi connectivity index (χ0) is 13.7. The van der Waals surface area contributed by atoms with Crippen LogP contribution in [0.1, 0.15) is 44.3 Å². The summed E-state index contributed by atoms with van der Waals surface area (Å²) in [5.41, 5.74) is 0. The number of nitrogens with zero attached hydrogens (tertiary/aromatic N) is 3. The summed E-state index contributed by atoms with van der Waals surface area (Å²) in [6.07, 6.45) is 4.64. The van der Waals surface area contributed by atoms with Gasteiger partial charge in [0.05, 0.1) is 6.61 Å². The molecule has 0 amide bonds. The molecule has 2 N–H and O–H groups in total. The number of hydrogen-bond acceptors (Lipinski definition) is 5. The van der Waals surface area contributed by atoms with E-state index in [1.165, 1.54) is 12.8 Å². The lowest BCUT2D eigenvalue weighted by molar-refractivity contribution is 0.301. The van der Waals surface area contributed by atoms with Gasteiger partial charge in [0, 0.05) is 32.1 Å². The van der Waals surface area contributed by atoms with E-state index in [9.17, 15) is 5.11 Å². The van der Waals surface area contributed by atoms with Crippen LogP contribution in [0.15, 0.2) is 6.07 Å². The van der Waals surface area contributed by atoms with Gasteiger partial charge in [-0.15, -0.1) is 0 Å². The third-order valence-electron chi connectivity index (χ3n) is 3.40. The van der Waals surface area contributed by atoms with Gasteiger partial charge in [-0.05, 0) is 19.3 Å². The molecule has 0 radical (unpaired) electrons. The van der Waals surface area contributed by atoms with E-state index in [1.807, 2.05) is 13.1 Å². The van der Waals surface area contributed by atoms with Crippen molar-refractivity contribution in [2.45, 2.75) is 38.5 Å². The molecule has 19 heavy (non-hydrogen) atoms. The van der Waals surface area contributed by atoms with E-state index in [0.29, 0.717) is 12.5 Å². The molecule has 1 aliphatic carbocycles. The molecule has 106 valence electrons. The fourth-order valence-corrected chi connectivity index (χ4v) is 2.08. The molecule has 0 unspecified atom stereocenters. The molecule has 0 aliphatic heterocycles. The van der Waals surface area contributed by atoms with E-state index in [0.717, 1.165) is 36.8 Å².